The van der Waals surface area contributed by atoms with E-state index in [0.717, 1.165) is 5.56 Å². The lowest BCUT2D eigenvalue weighted by Gasteiger charge is -2.33. The highest BCUT2D eigenvalue weighted by atomic mass is 32.1. The molecule has 1 N–H and O–H groups in total. The van der Waals surface area contributed by atoms with Crippen molar-refractivity contribution < 1.29 is 9.53 Å². The molecule has 1 aromatic heterocycles. The number of rotatable bonds is 2. The maximum Gasteiger partial charge on any atom is 0.323 e. The highest BCUT2D eigenvalue weighted by Gasteiger charge is 2.26. The third-order valence-electron chi connectivity index (χ3n) is 3.54. The molecular formula is C15H17N3O2S. The van der Waals surface area contributed by atoms with Crippen molar-refractivity contribution in [3.8, 4) is 0 Å². The number of aryl methyl sites for hydroxylation is 1. The van der Waals surface area contributed by atoms with Crippen molar-refractivity contribution in [3.63, 3.8) is 0 Å². The van der Waals surface area contributed by atoms with E-state index in [0.29, 0.717) is 24.8 Å². The number of urea groups is 1. The summed E-state index contributed by atoms with van der Waals surface area (Å²) in [6.45, 7) is 3.76. The summed E-state index contributed by atoms with van der Waals surface area (Å²) in [6, 6.07) is 8.01. The van der Waals surface area contributed by atoms with Gasteiger partial charge in [-0.2, -0.15) is 0 Å². The van der Waals surface area contributed by atoms with Gasteiger partial charge >= 0.3 is 6.03 Å². The van der Waals surface area contributed by atoms with Crippen LogP contribution < -0.4 is 5.32 Å². The van der Waals surface area contributed by atoms with Crippen molar-refractivity contribution in [1.82, 2.24) is 9.88 Å². The fraction of sp³-hybridized carbons (Fsp3) is 0.333. The Morgan fingerprint density at radius 2 is 2.33 bits per heavy atom. The molecule has 2 aromatic rings. The van der Waals surface area contributed by atoms with E-state index in [4.69, 9.17) is 4.74 Å². The van der Waals surface area contributed by atoms with Crippen LogP contribution in [0.5, 0.6) is 0 Å². The van der Waals surface area contributed by atoms with Crippen LogP contribution in [0.1, 0.15) is 17.2 Å². The van der Waals surface area contributed by atoms with Gasteiger partial charge in [0.2, 0.25) is 0 Å². The number of hydrogen-bond donors (Lipinski definition) is 1. The second-order valence-electron chi connectivity index (χ2n) is 4.93. The number of carbonyl (C=O) groups is 1. The summed E-state index contributed by atoms with van der Waals surface area (Å²) in [7, 11) is 0. The SMILES string of the molecule is Cc1ccccc1C1CN(C(=O)Nc2nccs2)CCO1. The topological polar surface area (TPSA) is 54.5 Å². The van der Waals surface area contributed by atoms with Gasteiger partial charge < -0.3 is 9.64 Å². The Balaban J connectivity index is 1.68. The first-order valence-electron chi connectivity index (χ1n) is 6.86. The molecule has 21 heavy (non-hydrogen) atoms. The zero-order valence-corrected chi connectivity index (χ0v) is 12.6. The number of ether oxygens (including phenoxy) is 1. The summed E-state index contributed by atoms with van der Waals surface area (Å²) in [6.07, 6.45) is 1.61. The van der Waals surface area contributed by atoms with E-state index < -0.39 is 0 Å². The molecule has 1 fully saturated rings. The largest absolute Gasteiger partial charge is 0.370 e. The van der Waals surface area contributed by atoms with Gasteiger partial charge in [-0.1, -0.05) is 24.3 Å². The number of nitrogens with one attached hydrogen (secondary N) is 1. The number of anilines is 1. The molecule has 0 bridgehead atoms. The lowest BCUT2D eigenvalue weighted by atomic mass is 10.0. The van der Waals surface area contributed by atoms with E-state index in [2.05, 4.69) is 29.4 Å². The van der Waals surface area contributed by atoms with Gasteiger partial charge in [-0.15, -0.1) is 11.3 Å². The van der Waals surface area contributed by atoms with E-state index >= 15 is 0 Å². The number of hydrogen-bond acceptors (Lipinski definition) is 4. The molecule has 1 aliphatic rings. The van der Waals surface area contributed by atoms with Crippen molar-refractivity contribution in [1.29, 1.82) is 0 Å². The predicted octanol–water partition coefficient (Wildman–Crippen LogP) is 3.06. The first-order valence-corrected chi connectivity index (χ1v) is 7.74. The van der Waals surface area contributed by atoms with Crippen molar-refractivity contribution in [2.75, 3.05) is 25.0 Å². The summed E-state index contributed by atoms with van der Waals surface area (Å²) >= 11 is 1.41. The average molecular weight is 303 g/mol. The van der Waals surface area contributed by atoms with E-state index in [9.17, 15) is 4.79 Å². The smallest absolute Gasteiger partial charge is 0.323 e. The summed E-state index contributed by atoms with van der Waals surface area (Å²) in [5, 5.41) is 5.28. The molecular weight excluding hydrogens is 286 g/mol. The molecule has 110 valence electrons. The molecule has 1 atom stereocenters. The third kappa shape index (κ3) is 3.22. The van der Waals surface area contributed by atoms with Gasteiger partial charge in [0, 0.05) is 18.1 Å². The predicted molar refractivity (Wildman–Crippen MR) is 82.6 cm³/mol. The van der Waals surface area contributed by atoms with Crippen LogP contribution >= 0.6 is 11.3 Å². The van der Waals surface area contributed by atoms with Crippen molar-refractivity contribution in [2.24, 2.45) is 0 Å². The Hall–Kier alpha value is -1.92. The van der Waals surface area contributed by atoms with E-state index in [1.54, 1.807) is 11.1 Å². The van der Waals surface area contributed by atoms with Crippen molar-refractivity contribution >= 4 is 22.5 Å². The fourth-order valence-electron chi connectivity index (χ4n) is 2.43. The third-order valence-corrected chi connectivity index (χ3v) is 4.22. The van der Waals surface area contributed by atoms with Crippen LogP contribution in [0.25, 0.3) is 0 Å². The minimum absolute atomic E-state index is 0.0676. The minimum atomic E-state index is -0.119. The lowest BCUT2D eigenvalue weighted by molar-refractivity contribution is -0.0138. The van der Waals surface area contributed by atoms with E-state index in [-0.39, 0.29) is 12.1 Å². The van der Waals surface area contributed by atoms with Crippen molar-refractivity contribution in [2.45, 2.75) is 13.0 Å². The monoisotopic (exact) mass is 303 g/mol. The quantitative estimate of drug-likeness (QED) is 0.927. The molecule has 2 heterocycles. The van der Waals surface area contributed by atoms with Gasteiger partial charge in [-0.25, -0.2) is 9.78 Å². The summed E-state index contributed by atoms with van der Waals surface area (Å²) in [4.78, 5) is 18.1. The number of amides is 2. The average Bonchev–Trinajstić information content (AvgIpc) is 3.01. The number of carbonyl (C=O) groups excluding carboxylic acids is 1. The maximum absolute atomic E-state index is 12.3. The molecule has 0 radical (unpaired) electrons. The number of nitrogens with zero attached hydrogens (tertiary/aromatic N) is 2. The van der Waals surface area contributed by atoms with Crippen LogP contribution in [-0.4, -0.2) is 35.6 Å². The Morgan fingerprint density at radius 1 is 1.48 bits per heavy atom. The number of benzene rings is 1. The molecule has 0 aliphatic carbocycles. The molecule has 1 aliphatic heterocycles. The lowest BCUT2D eigenvalue weighted by Crippen LogP contribution is -2.44. The van der Waals surface area contributed by atoms with Crippen LogP contribution in [0.15, 0.2) is 35.8 Å². The molecule has 1 unspecified atom stereocenters. The van der Waals surface area contributed by atoms with Crippen LogP contribution in [0.3, 0.4) is 0 Å². The number of aromatic nitrogens is 1. The first-order chi connectivity index (χ1) is 10.2. The summed E-state index contributed by atoms with van der Waals surface area (Å²) < 4.78 is 5.83. The van der Waals surface area contributed by atoms with Gasteiger partial charge in [0.25, 0.3) is 0 Å². The summed E-state index contributed by atoms with van der Waals surface area (Å²) in [5.74, 6) is 0. The van der Waals surface area contributed by atoms with Gasteiger partial charge in [-0.05, 0) is 18.1 Å². The van der Waals surface area contributed by atoms with E-state index in [1.807, 2.05) is 17.5 Å². The zero-order valence-electron chi connectivity index (χ0n) is 11.8. The molecule has 6 heteroatoms. The number of thiazole rings is 1. The number of morpholine rings is 1. The zero-order chi connectivity index (χ0) is 14.7. The van der Waals surface area contributed by atoms with E-state index in [1.165, 1.54) is 16.9 Å². The van der Waals surface area contributed by atoms with Crippen LogP contribution in [0.4, 0.5) is 9.93 Å². The van der Waals surface area contributed by atoms with Crippen LogP contribution in [0.2, 0.25) is 0 Å². The molecule has 0 spiro atoms. The van der Waals surface area contributed by atoms with Gasteiger partial charge in [0.05, 0.1) is 13.2 Å². The molecule has 5 nitrogen and oxygen atoms in total. The fourth-order valence-corrected chi connectivity index (χ4v) is 2.94. The van der Waals surface area contributed by atoms with Crippen molar-refractivity contribution in [3.05, 3.63) is 47.0 Å². The Morgan fingerprint density at radius 3 is 3.10 bits per heavy atom. The Bertz CT molecular complexity index is 615. The Labute approximate surface area is 127 Å². The molecule has 1 saturated heterocycles. The maximum atomic E-state index is 12.3. The molecule has 3 rings (SSSR count). The second kappa shape index (κ2) is 6.24. The first kappa shape index (κ1) is 14.0. The van der Waals surface area contributed by atoms with Crippen LogP contribution in [0, 0.1) is 6.92 Å². The molecule has 0 saturated carbocycles. The van der Waals surface area contributed by atoms with Gasteiger partial charge in [0.15, 0.2) is 5.13 Å². The normalized spacial score (nSPS) is 18.5. The molecule has 1 aromatic carbocycles. The highest BCUT2D eigenvalue weighted by molar-refractivity contribution is 7.13. The van der Waals surface area contributed by atoms with Gasteiger partial charge in [-0.3, -0.25) is 5.32 Å². The summed E-state index contributed by atoms with van der Waals surface area (Å²) in [5.41, 5.74) is 2.33. The molecule has 2 amide bonds. The standard InChI is InChI=1S/C15H17N3O2S/c1-11-4-2-3-5-12(11)13-10-18(7-8-20-13)15(19)17-14-16-6-9-21-14/h2-6,9,13H,7-8,10H2,1H3,(H,16,17,19). The Kier molecular flexibility index (Phi) is 4.17. The second-order valence-corrected chi connectivity index (χ2v) is 5.82. The highest BCUT2D eigenvalue weighted by Crippen LogP contribution is 2.25. The van der Waals surface area contributed by atoms with Crippen LogP contribution in [-0.2, 0) is 4.74 Å². The van der Waals surface area contributed by atoms with Gasteiger partial charge in [0.1, 0.15) is 6.10 Å². The minimum Gasteiger partial charge on any atom is -0.370 e.